The summed E-state index contributed by atoms with van der Waals surface area (Å²) in [5.41, 5.74) is -0.780. The first-order chi connectivity index (χ1) is 22.6. The molecule has 48 heavy (non-hydrogen) atoms. The van der Waals surface area contributed by atoms with Crippen LogP contribution in [0.1, 0.15) is 66.2 Å². The van der Waals surface area contributed by atoms with Crippen LogP contribution in [-0.2, 0) is 47.7 Å². The molecule has 0 aliphatic heterocycles. The highest BCUT2D eigenvalue weighted by atomic mass is 16.5. The Kier molecular flexibility index (Phi) is 23.8. The lowest BCUT2D eigenvalue weighted by atomic mass is 9.72. The summed E-state index contributed by atoms with van der Waals surface area (Å²) in [4.78, 5) is 69.4. The average Bonchev–Trinajstić information content (AvgIpc) is 2.97. The molecule has 0 spiro atoms. The highest BCUT2D eigenvalue weighted by Crippen LogP contribution is 2.38. The number of aliphatic hydroxyl groups excluding tert-OH is 1. The molecule has 0 heterocycles. The first-order valence-electron chi connectivity index (χ1n) is 16.0. The van der Waals surface area contributed by atoms with Crippen LogP contribution in [0.4, 0.5) is 0 Å². The maximum atomic E-state index is 12.3. The lowest BCUT2D eigenvalue weighted by Crippen LogP contribution is -2.42. The van der Waals surface area contributed by atoms with Gasteiger partial charge in [0.15, 0.2) is 0 Å². The number of aliphatic carboxylic acids is 2. The van der Waals surface area contributed by atoms with Crippen molar-refractivity contribution >= 4 is 35.6 Å². The fourth-order valence-electron chi connectivity index (χ4n) is 4.92. The molecule has 0 aromatic heterocycles. The summed E-state index contributed by atoms with van der Waals surface area (Å²) in [6.45, 7) is 8.50. The van der Waals surface area contributed by atoms with E-state index in [1.54, 1.807) is 0 Å². The third kappa shape index (κ3) is 26.7. The van der Waals surface area contributed by atoms with Crippen LogP contribution in [0.25, 0.3) is 0 Å². The fourth-order valence-corrected chi connectivity index (χ4v) is 4.92. The van der Waals surface area contributed by atoms with Crippen molar-refractivity contribution in [1.29, 1.82) is 0 Å². The number of carbonyl (C=O) groups excluding carboxylic acids is 4. The van der Waals surface area contributed by atoms with Gasteiger partial charge >= 0.3 is 11.9 Å². The Morgan fingerprint density at radius 1 is 0.604 bits per heavy atom. The molecule has 0 saturated carbocycles. The van der Waals surface area contributed by atoms with Gasteiger partial charge in [0.2, 0.25) is 23.6 Å². The van der Waals surface area contributed by atoms with Crippen molar-refractivity contribution in [3.8, 4) is 0 Å². The molecule has 0 radical (unpaired) electrons. The summed E-state index contributed by atoms with van der Waals surface area (Å²) in [6.07, 6.45) is 2.00. The zero-order chi connectivity index (χ0) is 36.4. The molecule has 17 nitrogen and oxygen atoms in total. The maximum absolute atomic E-state index is 12.3. The Hall–Kier alpha value is -3.38. The van der Waals surface area contributed by atoms with Crippen molar-refractivity contribution in [3.63, 3.8) is 0 Å². The summed E-state index contributed by atoms with van der Waals surface area (Å²) in [6, 6.07) is -1.09. The number of ether oxygens (including phenoxy) is 4. The fraction of sp³-hybridized carbons (Fsp3) is 0.806. The molecule has 0 aliphatic rings. The third-order valence-corrected chi connectivity index (χ3v) is 6.59. The zero-order valence-corrected chi connectivity index (χ0v) is 28.7. The van der Waals surface area contributed by atoms with Crippen molar-refractivity contribution in [2.24, 2.45) is 10.8 Å². The second-order valence-electron chi connectivity index (χ2n) is 12.7. The Balaban J connectivity index is 3.77. The van der Waals surface area contributed by atoms with Crippen LogP contribution in [0.3, 0.4) is 0 Å². The highest BCUT2D eigenvalue weighted by Gasteiger charge is 2.32. The smallest absolute Gasteiger partial charge is 0.326 e. The van der Waals surface area contributed by atoms with E-state index in [0.717, 1.165) is 0 Å². The molecule has 0 aliphatic carbocycles. The van der Waals surface area contributed by atoms with Gasteiger partial charge in [-0.1, -0.05) is 27.7 Å². The molecule has 0 saturated heterocycles. The summed E-state index contributed by atoms with van der Waals surface area (Å²) in [5.74, 6) is -3.62. The summed E-state index contributed by atoms with van der Waals surface area (Å²) < 4.78 is 21.2. The van der Waals surface area contributed by atoms with Gasteiger partial charge in [0.25, 0.3) is 0 Å². The first-order valence-corrected chi connectivity index (χ1v) is 16.0. The van der Waals surface area contributed by atoms with Gasteiger partial charge in [0.1, 0.15) is 25.9 Å². The minimum absolute atomic E-state index is 0.0357. The molecular weight excluding hydrogens is 636 g/mol. The van der Waals surface area contributed by atoms with Crippen molar-refractivity contribution in [2.75, 3.05) is 79.1 Å². The number of rotatable bonds is 30. The van der Waals surface area contributed by atoms with E-state index < -0.39 is 41.8 Å². The Morgan fingerprint density at radius 3 is 1.65 bits per heavy atom. The topological polar surface area (TPSA) is 248 Å². The van der Waals surface area contributed by atoms with Gasteiger partial charge in [-0.15, -0.1) is 0 Å². The molecule has 0 aromatic rings. The summed E-state index contributed by atoms with van der Waals surface area (Å²) >= 11 is 0. The lowest BCUT2D eigenvalue weighted by molar-refractivity contribution is -0.143. The van der Waals surface area contributed by atoms with Crippen LogP contribution in [0.15, 0.2) is 0 Å². The van der Waals surface area contributed by atoms with E-state index in [0.29, 0.717) is 32.4 Å². The van der Waals surface area contributed by atoms with Gasteiger partial charge in [-0.25, -0.2) is 4.79 Å². The molecular formula is C31H56N4O13. The SMILES string of the molecule is CC(C)(CC(=O)O)CC(C)(C)CC(=O)NCCOCCOCC(=O)NCCOCCOCC(=O)NC(CCCCNC(=O)CO)C(=O)O. The number of unbranched alkanes of at least 4 members (excludes halogenated alkanes) is 1. The molecule has 7 N–H and O–H groups in total. The number of hydrogen-bond acceptors (Lipinski definition) is 11. The molecule has 1 atom stereocenters. The quantitative estimate of drug-likeness (QED) is 0.0467. The first kappa shape index (κ1) is 44.6. The van der Waals surface area contributed by atoms with Gasteiger partial charge in [-0.2, -0.15) is 0 Å². The van der Waals surface area contributed by atoms with Crippen LogP contribution >= 0.6 is 0 Å². The number of amides is 4. The van der Waals surface area contributed by atoms with Crippen LogP contribution in [-0.4, -0.2) is 136 Å². The van der Waals surface area contributed by atoms with Gasteiger partial charge in [0, 0.05) is 26.1 Å². The second kappa shape index (κ2) is 25.6. The number of hydrogen-bond donors (Lipinski definition) is 7. The normalized spacial score (nSPS) is 12.2. The van der Waals surface area contributed by atoms with Crippen molar-refractivity contribution < 1.29 is 63.0 Å². The van der Waals surface area contributed by atoms with Gasteiger partial charge in [0.05, 0.1) is 46.1 Å². The maximum Gasteiger partial charge on any atom is 0.326 e. The lowest BCUT2D eigenvalue weighted by Gasteiger charge is -2.33. The van der Waals surface area contributed by atoms with E-state index in [4.69, 9.17) is 29.2 Å². The molecule has 0 aromatic carbocycles. The van der Waals surface area contributed by atoms with Gasteiger partial charge in [-0.05, 0) is 36.5 Å². The van der Waals surface area contributed by atoms with E-state index >= 15 is 0 Å². The molecule has 1 unspecified atom stereocenters. The van der Waals surface area contributed by atoms with E-state index in [1.165, 1.54) is 0 Å². The summed E-state index contributed by atoms with van der Waals surface area (Å²) in [5, 5.41) is 37.2. The van der Waals surface area contributed by atoms with Crippen LogP contribution in [0.2, 0.25) is 0 Å². The largest absolute Gasteiger partial charge is 0.481 e. The number of carboxylic acid groups (broad SMARTS) is 2. The number of carbonyl (C=O) groups is 6. The highest BCUT2D eigenvalue weighted by molar-refractivity contribution is 5.84. The third-order valence-electron chi connectivity index (χ3n) is 6.59. The predicted octanol–water partition coefficient (Wildman–Crippen LogP) is -0.559. The van der Waals surface area contributed by atoms with Crippen LogP contribution < -0.4 is 21.3 Å². The molecule has 278 valence electrons. The van der Waals surface area contributed by atoms with E-state index in [9.17, 15) is 33.9 Å². The minimum atomic E-state index is -1.18. The molecule has 0 rings (SSSR count). The van der Waals surface area contributed by atoms with E-state index in [2.05, 4.69) is 21.3 Å². The predicted molar refractivity (Wildman–Crippen MR) is 172 cm³/mol. The van der Waals surface area contributed by atoms with Crippen molar-refractivity contribution in [1.82, 2.24) is 21.3 Å². The number of nitrogens with one attached hydrogen (secondary N) is 4. The van der Waals surface area contributed by atoms with E-state index in [-0.39, 0.29) is 95.9 Å². The Morgan fingerprint density at radius 2 is 1.10 bits per heavy atom. The minimum Gasteiger partial charge on any atom is -0.481 e. The van der Waals surface area contributed by atoms with Gasteiger partial charge < -0.3 is 55.5 Å². The van der Waals surface area contributed by atoms with Crippen molar-refractivity contribution in [3.05, 3.63) is 0 Å². The molecule has 0 fully saturated rings. The van der Waals surface area contributed by atoms with Crippen LogP contribution in [0.5, 0.6) is 0 Å². The van der Waals surface area contributed by atoms with Crippen LogP contribution in [0, 0.1) is 10.8 Å². The van der Waals surface area contributed by atoms with Crippen molar-refractivity contribution in [2.45, 2.75) is 72.3 Å². The average molecular weight is 693 g/mol. The standard InChI is InChI=1S/C31H56N4O13/c1-30(2,22-31(3,4)18-28(41)42)17-24(37)33-9-11-45-13-15-47-20-26(39)34-10-12-46-14-16-48-21-27(40)35-23(29(43)44)7-5-6-8-32-25(38)19-36/h23,36H,5-22H2,1-4H3,(H,32,38)(H,33,37)(H,34,39)(H,35,40)(H,41,42)(H,43,44). The van der Waals surface area contributed by atoms with Gasteiger partial charge in [-0.3, -0.25) is 24.0 Å². The second-order valence-corrected chi connectivity index (χ2v) is 12.7. The molecule has 4 amide bonds. The Bertz CT molecular complexity index is 991. The van der Waals surface area contributed by atoms with E-state index in [1.807, 2.05) is 27.7 Å². The zero-order valence-electron chi connectivity index (χ0n) is 28.7. The molecule has 17 heteroatoms. The number of aliphatic hydroxyl groups is 1. The molecule has 0 bridgehead atoms. The monoisotopic (exact) mass is 692 g/mol. The summed E-state index contributed by atoms with van der Waals surface area (Å²) in [7, 11) is 0. The number of carboxylic acids is 2. The Labute approximate surface area is 282 Å².